The Morgan fingerprint density at radius 1 is 0.971 bits per heavy atom. The molecule has 0 aliphatic carbocycles. The third-order valence-electron chi connectivity index (χ3n) is 5.81. The van der Waals surface area contributed by atoms with Gasteiger partial charge in [0.05, 0.1) is 30.5 Å². The Morgan fingerprint density at radius 2 is 1.68 bits per heavy atom. The van der Waals surface area contributed by atoms with Crippen LogP contribution in [0.2, 0.25) is 0 Å². The van der Waals surface area contributed by atoms with Crippen LogP contribution in [0.25, 0.3) is 0 Å². The fourth-order valence-corrected chi connectivity index (χ4v) is 4.08. The first-order valence-corrected chi connectivity index (χ1v) is 11.1. The highest BCUT2D eigenvalue weighted by atomic mass is 16.5. The lowest BCUT2D eigenvalue weighted by atomic mass is 9.94. The normalized spacial score (nSPS) is 13.1. The van der Waals surface area contributed by atoms with Crippen LogP contribution >= 0.6 is 0 Å². The van der Waals surface area contributed by atoms with E-state index in [1.54, 1.807) is 55.8 Å². The Kier molecular flexibility index (Phi) is 6.68. The molecule has 4 rings (SSSR count). The van der Waals surface area contributed by atoms with Crippen molar-refractivity contribution in [2.75, 3.05) is 18.6 Å². The number of fused-ring (bicyclic) bond motifs is 1. The summed E-state index contributed by atoms with van der Waals surface area (Å²) in [5.41, 5.74) is 4.00. The van der Waals surface area contributed by atoms with Crippen molar-refractivity contribution in [3.05, 3.63) is 94.5 Å². The first-order chi connectivity index (χ1) is 16.4. The molecule has 0 bridgehead atoms. The minimum atomic E-state index is -0.387. The molecule has 34 heavy (non-hydrogen) atoms. The number of ketones is 1. The third-order valence-corrected chi connectivity index (χ3v) is 5.81. The molecule has 6 heteroatoms. The molecule has 0 spiro atoms. The molecule has 3 aromatic carbocycles. The summed E-state index contributed by atoms with van der Waals surface area (Å²) in [7, 11) is 1.55. The average molecular weight is 455 g/mol. The van der Waals surface area contributed by atoms with Crippen LogP contribution in [0.15, 0.2) is 71.7 Å². The molecule has 0 fully saturated rings. The second-order valence-corrected chi connectivity index (χ2v) is 8.49. The quantitative estimate of drug-likeness (QED) is 0.360. The lowest BCUT2D eigenvalue weighted by Gasteiger charge is -2.14. The molecular weight excluding hydrogens is 428 g/mol. The van der Waals surface area contributed by atoms with Gasteiger partial charge in [-0.05, 0) is 59.0 Å². The zero-order valence-corrected chi connectivity index (χ0v) is 19.4. The first kappa shape index (κ1) is 23.1. The molecule has 1 aliphatic heterocycles. The van der Waals surface area contributed by atoms with Gasteiger partial charge in [-0.3, -0.25) is 19.4 Å². The van der Waals surface area contributed by atoms with Gasteiger partial charge in [-0.25, -0.2) is 4.90 Å². The predicted octanol–water partition coefficient (Wildman–Crippen LogP) is 4.85. The standard InChI is InChI=1S/C28H26N2O4/c1-18(2)24-7-5-4-6-20(24)15-22(31)17-29-16-19-8-13-25-26(14-19)28(33)30(27(25)32)21-9-11-23(34-3)12-10-21/h4-14,16,18H,15,17H2,1-3H3. The number of benzene rings is 3. The monoisotopic (exact) mass is 454 g/mol. The number of nitrogens with zero attached hydrogens (tertiary/aromatic N) is 2. The van der Waals surface area contributed by atoms with Gasteiger partial charge in [0.2, 0.25) is 0 Å². The van der Waals surface area contributed by atoms with E-state index in [-0.39, 0.29) is 24.1 Å². The third kappa shape index (κ3) is 4.66. The molecule has 0 saturated heterocycles. The summed E-state index contributed by atoms with van der Waals surface area (Å²) in [6, 6.07) is 19.7. The molecule has 1 aliphatic rings. The Bertz CT molecular complexity index is 1280. The van der Waals surface area contributed by atoms with E-state index < -0.39 is 0 Å². The van der Waals surface area contributed by atoms with Crippen molar-refractivity contribution in [3.8, 4) is 5.75 Å². The van der Waals surface area contributed by atoms with Crippen LogP contribution in [-0.2, 0) is 11.2 Å². The van der Waals surface area contributed by atoms with Crippen LogP contribution in [0.3, 0.4) is 0 Å². The minimum Gasteiger partial charge on any atom is -0.497 e. The van der Waals surface area contributed by atoms with E-state index in [1.807, 2.05) is 18.2 Å². The van der Waals surface area contributed by atoms with Crippen LogP contribution in [0.4, 0.5) is 5.69 Å². The van der Waals surface area contributed by atoms with Gasteiger partial charge >= 0.3 is 0 Å². The van der Waals surface area contributed by atoms with Crippen molar-refractivity contribution in [3.63, 3.8) is 0 Å². The summed E-state index contributed by atoms with van der Waals surface area (Å²) in [6.07, 6.45) is 1.90. The number of carbonyl (C=O) groups excluding carboxylic acids is 3. The van der Waals surface area contributed by atoms with E-state index >= 15 is 0 Å². The summed E-state index contributed by atoms with van der Waals surface area (Å²) >= 11 is 0. The van der Waals surface area contributed by atoms with Crippen molar-refractivity contribution < 1.29 is 19.1 Å². The lowest BCUT2D eigenvalue weighted by Crippen LogP contribution is -2.29. The smallest absolute Gasteiger partial charge is 0.266 e. The Morgan fingerprint density at radius 3 is 2.38 bits per heavy atom. The van der Waals surface area contributed by atoms with E-state index in [9.17, 15) is 14.4 Å². The van der Waals surface area contributed by atoms with Gasteiger partial charge < -0.3 is 4.74 Å². The number of amides is 2. The maximum atomic E-state index is 13.0. The lowest BCUT2D eigenvalue weighted by molar-refractivity contribution is -0.117. The number of Topliss-reactive ketones (excluding diaryl/α,β-unsaturated/α-hetero) is 1. The van der Waals surface area contributed by atoms with Gasteiger partial charge in [-0.2, -0.15) is 0 Å². The van der Waals surface area contributed by atoms with E-state index in [0.29, 0.717) is 40.5 Å². The van der Waals surface area contributed by atoms with Crippen LogP contribution in [0, 0.1) is 0 Å². The molecule has 3 aromatic rings. The van der Waals surface area contributed by atoms with Gasteiger partial charge in [-0.15, -0.1) is 0 Å². The number of carbonyl (C=O) groups is 3. The fraction of sp³-hybridized carbons (Fsp3) is 0.214. The number of methoxy groups -OCH3 is 1. The molecule has 0 saturated carbocycles. The summed E-state index contributed by atoms with van der Waals surface area (Å²) in [4.78, 5) is 43.7. The number of anilines is 1. The zero-order chi connectivity index (χ0) is 24.2. The summed E-state index contributed by atoms with van der Waals surface area (Å²) in [5, 5.41) is 0. The summed E-state index contributed by atoms with van der Waals surface area (Å²) in [6.45, 7) is 4.27. The number of ether oxygens (including phenoxy) is 1. The maximum absolute atomic E-state index is 13.0. The van der Waals surface area contributed by atoms with Gasteiger partial charge in [0, 0.05) is 12.6 Å². The second kappa shape index (κ2) is 9.83. The number of rotatable bonds is 8. The second-order valence-electron chi connectivity index (χ2n) is 8.49. The minimum absolute atomic E-state index is 0.0162. The Labute approximate surface area is 198 Å². The largest absolute Gasteiger partial charge is 0.497 e. The molecule has 2 amide bonds. The topological polar surface area (TPSA) is 76.0 Å². The number of hydrogen-bond donors (Lipinski definition) is 0. The van der Waals surface area contributed by atoms with Crippen molar-refractivity contribution >= 4 is 29.5 Å². The number of imide groups is 1. The van der Waals surface area contributed by atoms with Crippen molar-refractivity contribution in [1.29, 1.82) is 0 Å². The molecule has 0 N–H and O–H groups in total. The zero-order valence-electron chi connectivity index (χ0n) is 19.4. The van der Waals surface area contributed by atoms with Gasteiger partial charge in [0.25, 0.3) is 11.8 Å². The van der Waals surface area contributed by atoms with Crippen LogP contribution in [-0.4, -0.2) is 37.5 Å². The molecule has 0 aromatic heterocycles. The SMILES string of the molecule is COc1ccc(N2C(=O)c3ccc(C=NCC(=O)Cc4ccccc4C(C)C)cc3C2=O)cc1. The van der Waals surface area contributed by atoms with Gasteiger partial charge in [-0.1, -0.05) is 44.2 Å². The molecule has 0 unspecified atom stereocenters. The molecule has 172 valence electrons. The molecule has 0 atom stereocenters. The molecule has 1 heterocycles. The molecule has 0 radical (unpaired) electrons. The Hall–Kier alpha value is -4.06. The molecule has 6 nitrogen and oxygen atoms in total. The van der Waals surface area contributed by atoms with Crippen LogP contribution in [0.1, 0.15) is 57.2 Å². The number of aliphatic imine (C=N–C) groups is 1. The highest BCUT2D eigenvalue weighted by Crippen LogP contribution is 2.30. The highest BCUT2D eigenvalue weighted by molar-refractivity contribution is 6.34. The number of hydrogen-bond acceptors (Lipinski definition) is 5. The van der Waals surface area contributed by atoms with Crippen LogP contribution in [0.5, 0.6) is 5.75 Å². The fourth-order valence-electron chi connectivity index (χ4n) is 4.08. The van der Waals surface area contributed by atoms with E-state index in [4.69, 9.17) is 4.74 Å². The van der Waals surface area contributed by atoms with E-state index in [2.05, 4.69) is 24.9 Å². The predicted molar refractivity (Wildman–Crippen MR) is 132 cm³/mol. The molecular formula is C28H26N2O4. The summed E-state index contributed by atoms with van der Waals surface area (Å²) in [5.74, 6) is 0.245. The average Bonchev–Trinajstić information content (AvgIpc) is 3.08. The highest BCUT2D eigenvalue weighted by Gasteiger charge is 2.36. The first-order valence-electron chi connectivity index (χ1n) is 11.1. The van der Waals surface area contributed by atoms with Crippen molar-refractivity contribution in [1.82, 2.24) is 0 Å². The van der Waals surface area contributed by atoms with Gasteiger partial charge in [0.15, 0.2) is 5.78 Å². The maximum Gasteiger partial charge on any atom is 0.266 e. The van der Waals surface area contributed by atoms with Gasteiger partial charge in [0.1, 0.15) is 5.75 Å². The van der Waals surface area contributed by atoms with E-state index in [1.165, 1.54) is 5.56 Å². The van der Waals surface area contributed by atoms with Crippen molar-refractivity contribution in [2.24, 2.45) is 4.99 Å². The van der Waals surface area contributed by atoms with Crippen LogP contribution < -0.4 is 9.64 Å². The van der Waals surface area contributed by atoms with Crippen molar-refractivity contribution in [2.45, 2.75) is 26.2 Å². The summed E-state index contributed by atoms with van der Waals surface area (Å²) < 4.78 is 5.14. The van der Waals surface area contributed by atoms with E-state index in [0.717, 1.165) is 10.5 Å². The Balaban J connectivity index is 1.45.